The van der Waals surface area contributed by atoms with E-state index in [0.717, 1.165) is 12.5 Å². The van der Waals surface area contributed by atoms with Crippen LogP contribution in [0.4, 0.5) is 0 Å². The van der Waals surface area contributed by atoms with E-state index >= 15 is 0 Å². The van der Waals surface area contributed by atoms with Gasteiger partial charge in [-0.3, -0.25) is 0 Å². The van der Waals surface area contributed by atoms with Crippen molar-refractivity contribution in [1.29, 1.82) is 0 Å². The van der Waals surface area contributed by atoms with E-state index in [1.165, 1.54) is 0 Å². The van der Waals surface area contributed by atoms with Crippen LogP contribution in [0.2, 0.25) is 6.04 Å². The Kier molecular flexibility index (Phi) is 9.10. The highest BCUT2D eigenvalue weighted by molar-refractivity contribution is 6.60. The topological polar surface area (TPSA) is 46.2 Å². The molecule has 6 heteroatoms. The molecule has 0 aliphatic heterocycles. The van der Waals surface area contributed by atoms with Gasteiger partial charge in [0.25, 0.3) is 0 Å². The van der Waals surface area contributed by atoms with Crippen LogP contribution in [-0.4, -0.2) is 49.6 Å². The van der Waals surface area contributed by atoms with Gasteiger partial charge in [-0.15, -0.1) is 0 Å². The minimum absolute atomic E-state index is 0.159. The van der Waals surface area contributed by atoms with E-state index in [0.29, 0.717) is 13.2 Å². The van der Waals surface area contributed by atoms with Crippen molar-refractivity contribution in [2.45, 2.75) is 32.6 Å². The molecule has 0 saturated carbocycles. The van der Waals surface area contributed by atoms with Crippen molar-refractivity contribution in [1.82, 2.24) is 0 Å². The third kappa shape index (κ3) is 5.93. The number of ether oxygens (including phenoxy) is 2. The average molecular weight is 252 g/mol. The summed E-state index contributed by atoms with van der Waals surface area (Å²) in [6.45, 7) is 5.11. The molecule has 0 heterocycles. The maximum Gasteiger partial charge on any atom is 0.500 e. The Morgan fingerprint density at radius 3 is 2.00 bits per heavy atom. The van der Waals surface area contributed by atoms with Gasteiger partial charge < -0.3 is 22.8 Å². The molecule has 0 fully saturated rings. The van der Waals surface area contributed by atoms with Crippen molar-refractivity contribution in [2.75, 3.05) is 34.5 Å². The maximum atomic E-state index is 5.44. The molecule has 0 rings (SSSR count). The molecule has 1 unspecified atom stereocenters. The Morgan fingerprint density at radius 1 is 1.00 bits per heavy atom. The van der Waals surface area contributed by atoms with Gasteiger partial charge in [-0.05, 0) is 20.3 Å². The van der Waals surface area contributed by atoms with Crippen molar-refractivity contribution in [2.24, 2.45) is 0 Å². The lowest BCUT2D eigenvalue weighted by Gasteiger charge is -2.24. The summed E-state index contributed by atoms with van der Waals surface area (Å²) in [7, 11) is 2.41. The summed E-state index contributed by atoms with van der Waals surface area (Å²) in [6.07, 6.45) is 0.674. The minimum atomic E-state index is -2.43. The van der Waals surface area contributed by atoms with Gasteiger partial charge in [0.05, 0.1) is 0 Å². The summed E-state index contributed by atoms with van der Waals surface area (Å²) in [5.41, 5.74) is 0. The monoisotopic (exact) mass is 252 g/mol. The van der Waals surface area contributed by atoms with E-state index in [4.69, 9.17) is 22.8 Å². The molecule has 0 radical (unpaired) electrons. The summed E-state index contributed by atoms with van der Waals surface area (Å²) in [5, 5.41) is 0. The second kappa shape index (κ2) is 9.09. The van der Waals surface area contributed by atoms with Crippen LogP contribution in [0.15, 0.2) is 0 Å². The lowest BCUT2D eigenvalue weighted by molar-refractivity contribution is -0.127. The third-order valence-corrected chi connectivity index (χ3v) is 5.15. The Balaban J connectivity index is 3.70. The Bertz CT molecular complexity index is 155. The van der Waals surface area contributed by atoms with Crippen LogP contribution in [0, 0.1) is 0 Å². The number of rotatable bonds is 10. The molecular formula is C10H24O5Si. The zero-order chi connectivity index (χ0) is 12.4. The molecular weight excluding hydrogens is 228 g/mol. The summed E-state index contributed by atoms with van der Waals surface area (Å²) >= 11 is 0. The van der Waals surface area contributed by atoms with E-state index < -0.39 is 8.80 Å². The van der Waals surface area contributed by atoms with Gasteiger partial charge in [0.15, 0.2) is 6.29 Å². The molecule has 16 heavy (non-hydrogen) atoms. The third-order valence-electron chi connectivity index (χ3n) is 2.31. The molecule has 0 aromatic carbocycles. The summed E-state index contributed by atoms with van der Waals surface area (Å²) in [5.74, 6) is 0. The number of hydrogen-bond acceptors (Lipinski definition) is 5. The normalized spacial score (nSPS) is 14.1. The minimum Gasteiger partial charge on any atom is -0.377 e. The lowest BCUT2D eigenvalue weighted by atomic mass is 10.5. The average Bonchev–Trinajstić information content (AvgIpc) is 2.31. The van der Waals surface area contributed by atoms with Crippen LogP contribution < -0.4 is 0 Å². The molecule has 0 aromatic heterocycles. The second-order valence-electron chi connectivity index (χ2n) is 3.29. The van der Waals surface area contributed by atoms with Crippen LogP contribution >= 0.6 is 0 Å². The van der Waals surface area contributed by atoms with Crippen LogP contribution in [0.1, 0.15) is 20.3 Å². The highest BCUT2D eigenvalue weighted by Gasteiger charge is 2.36. The van der Waals surface area contributed by atoms with Gasteiger partial charge >= 0.3 is 8.80 Å². The van der Waals surface area contributed by atoms with Crippen LogP contribution in [0.25, 0.3) is 0 Å². The van der Waals surface area contributed by atoms with Crippen molar-refractivity contribution in [3.8, 4) is 0 Å². The van der Waals surface area contributed by atoms with Crippen molar-refractivity contribution < 1.29 is 22.8 Å². The first-order valence-electron chi connectivity index (χ1n) is 5.52. The molecule has 0 spiro atoms. The fraction of sp³-hybridized carbons (Fsp3) is 1.00. The predicted octanol–water partition coefficient (Wildman–Crippen LogP) is 1.65. The van der Waals surface area contributed by atoms with Crippen LogP contribution in [-0.2, 0) is 22.8 Å². The molecule has 5 nitrogen and oxygen atoms in total. The van der Waals surface area contributed by atoms with Crippen molar-refractivity contribution in [3.05, 3.63) is 0 Å². The molecule has 0 aromatic rings. The smallest absolute Gasteiger partial charge is 0.377 e. The lowest BCUT2D eigenvalue weighted by Crippen LogP contribution is -2.42. The van der Waals surface area contributed by atoms with Gasteiger partial charge in [-0.2, -0.15) is 0 Å². The molecule has 0 aliphatic carbocycles. The maximum absolute atomic E-state index is 5.44. The SMILES string of the molecule is CCOC(C)OCCC[Si](OC)(OC)OC. The Hall–Kier alpha value is 0.0169. The van der Waals surface area contributed by atoms with Gasteiger partial charge in [0.1, 0.15) is 0 Å². The summed E-state index contributed by atoms with van der Waals surface area (Å²) in [6, 6.07) is 0.745. The molecule has 1 atom stereocenters. The Labute approximate surface area is 99.3 Å². The fourth-order valence-electron chi connectivity index (χ4n) is 1.38. The van der Waals surface area contributed by atoms with Crippen molar-refractivity contribution in [3.63, 3.8) is 0 Å². The standard InChI is InChI=1S/C10H24O5Si/c1-6-14-10(2)15-8-7-9-16(11-3,12-4)13-5/h10H,6-9H2,1-5H3. The van der Waals surface area contributed by atoms with Gasteiger partial charge in [0, 0.05) is 40.6 Å². The van der Waals surface area contributed by atoms with Crippen LogP contribution in [0.3, 0.4) is 0 Å². The van der Waals surface area contributed by atoms with Crippen molar-refractivity contribution >= 4 is 8.80 Å². The van der Waals surface area contributed by atoms with E-state index in [1.807, 2.05) is 13.8 Å². The highest BCUT2D eigenvalue weighted by atomic mass is 28.4. The van der Waals surface area contributed by atoms with Crippen LogP contribution in [0.5, 0.6) is 0 Å². The summed E-state index contributed by atoms with van der Waals surface area (Å²) < 4.78 is 26.6. The first kappa shape index (κ1) is 16.0. The molecule has 0 saturated heterocycles. The summed E-state index contributed by atoms with van der Waals surface area (Å²) in [4.78, 5) is 0. The van der Waals surface area contributed by atoms with E-state index in [-0.39, 0.29) is 6.29 Å². The first-order valence-corrected chi connectivity index (χ1v) is 7.46. The largest absolute Gasteiger partial charge is 0.500 e. The Morgan fingerprint density at radius 2 is 1.56 bits per heavy atom. The molecule has 0 aliphatic rings. The molecule has 0 amide bonds. The first-order chi connectivity index (χ1) is 7.64. The highest BCUT2D eigenvalue weighted by Crippen LogP contribution is 2.15. The zero-order valence-electron chi connectivity index (χ0n) is 10.9. The molecule has 0 bridgehead atoms. The quantitative estimate of drug-likeness (QED) is 0.336. The van der Waals surface area contributed by atoms with E-state index in [2.05, 4.69) is 0 Å². The van der Waals surface area contributed by atoms with E-state index in [1.54, 1.807) is 21.3 Å². The van der Waals surface area contributed by atoms with Gasteiger partial charge in [-0.1, -0.05) is 0 Å². The second-order valence-corrected chi connectivity index (χ2v) is 6.38. The predicted molar refractivity (Wildman–Crippen MR) is 63.2 cm³/mol. The fourth-order valence-corrected chi connectivity index (χ4v) is 3.07. The van der Waals surface area contributed by atoms with E-state index in [9.17, 15) is 0 Å². The van der Waals surface area contributed by atoms with Gasteiger partial charge in [-0.25, -0.2) is 0 Å². The molecule has 0 N–H and O–H groups in total. The number of hydrogen-bond donors (Lipinski definition) is 0. The van der Waals surface area contributed by atoms with Gasteiger partial charge in [0.2, 0.25) is 0 Å². The zero-order valence-corrected chi connectivity index (χ0v) is 11.9. The molecule has 98 valence electrons.